The zero-order valence-electron chi connectivity index (χ0n) is 24.4. The van der Waals surface area contributed by atoms with Gasteiger partial charge in [-0.05, 0) is 88.2 Å². The summed E-state index contributed by atoms with van der Waals surface area (Å²) in [5.74, 6) is 0. The van der Waals surface area contributed by atoms with Gasteiger partial charge in [-0.15, -0.1) is 11.3 Å². The van der Waals surface area contributed by atoms with Gasteiger partial charge in [-0.2, -0.15) is 0 Å². The third-order valence-corrected chi connectivity index (χ3v) is 10.9. The van der Waals surface area contributed by atoms with Gasteiger partial charge in [0.2, 0.25) is 0 Å². The fourth-order valence-electron chi connectivity index (χ4n) is 7.62. The van der Waals surface area contributed by atoms with Crippen molar-refractivity contribution in [3.8, 4) is 22.3 Å². The first-order valence-corrected chi connectivity index (χ1v) is 16.3. The van der Waals surface area contributed by atoms with E-state index >= 15 is 0 Å². The van der Waals surface area contributed by atoms with Gasteiger partial charge in [-0.25, -0.2) is 0 Å². The SMILES string of the molecule is c1ccc2c(c1)sc1c(-c3ccc(-c4ccc5c6ccccc6c6c7ccccc7c7ccccc7c6c5c4)cc3)cccc12. The summed E-state index contributed by atoms with van der Waals surface area (Å²) < 4.78 is 2.70. The molecule has 0 atom stereocenters. The van der Waals surface area contributed by atoms with Crippen molar-refractivity contribution in [2.24, 2.45) is 0 Å². The molecule has 0 aliphatic rings. The molecule has 0 spiro atoms. The standard InChI is InChI=1S/C44H26S/c1-4-14-36-31(10-1)32-11-2-6-16-38(32)43-40-26-29(24-25-34(40)33-12-3-5-15-37(33)42(36)43)27-20-22-28(23-21-27)30-17-9-18-39-35-13-7-8-19-41(35)45-44(30)39/h1-26H. The predicted molar refractivity (Wildman–Crippen MR) is 198 cm³/mol. The maximum Gasteiger partial charge on any atom is 0.0433 e. The van der Waals surface area contributed by atoms with Crippen LogP contribution < -0.4 is 0 Å². The van der Waals surface area contributed by atoms with Crippen molar-refractivity contribution >= 4 is 85.4 Å². The van der Waals surface area contributed by atoms with Crippen LogP contribution in [-0.2, 0) is 0 Å². The van der Waals surface area contributed by atoms with Crippen molar-refractivity contribution < 1.29 is 0 Å². The third kappa shape index (κ3) is 3.59. The molecule has 0 fully saturated rings. The van der Waals surface area contributed by atoms with Crippen LogP contribution in [0.2, 0.25) is 0 Å². The highest BCUT2D eigenvalue weighted by Gasteiger charge is 2.16. The summed E-state index contributed by atoms with van der Waals surface area (Å²) in [7, 11) is 0. The topological polar surface area (TPSA) is 0 Å². The molecule has 10 aromatic rings. The Morgan fingerprint density at radius 3 is 1.40 bits per heavy atom. The fourth-order valence-corrected chi connectivity index (χ4v) is 8.86. The fraction of sp³-hybridized carbons (Fsp3) is 0. The van der Waals surface area contributed by atoms with Crippen LogP contribution in [0.3, 0.4) is 0 Å². The van der Waals surface area contributed by atoms with Gasteiger partial charge in [0.15, 0.2) is 0 Å². The summed E-state index contributed by atoms with van der Waals surface area (Å²) >= 11 is 1.89. The van der Waals surface area contributed by atoms with E-state index in [2.05, 4.69) is 158 Å². The largest absolute Gasteiger partial charge is 0.135 e. The molecule has 0 radical (unpaired) electrons. The van der Waals surface area contributed by atoms with Crippen molar-refractivity contribution in [2.45, 2.75) is 0 Å². The van der Waals surface area contributed by atoms with E-state index in [0.29, 0.717) is 0 Å². The molecule has 0 saturated carbocycles. The molecule has 1 aromatic heterocycles. The molecule has 0 amide bonds. The lowest BCUT2D eigenvalue weighted by atomic mass is 9.86. The Balaban J connectivity index is 1.21. The first-order chi connectivity index (χ1) is 22.3. The van der Waals surface area contributed by atoms with E-state index in [1.807, 2.05) is 11.3 Å². The van der Waals surface area contributed by atoms with E-state index in [9.17, 15) is 0 Å². The van der Waals surface area contributed by atoms with Crippen LogP contribution in [-0.4, -0.2) is 0 Å². The summed E-state index contributed by atoms with van der Waals surface area (Å²) in [4.78, 5) is 0. The summed E-state index contributed by atoms with van der Waals surface area (Å²) in [6.07, 6.45) is 0. The average Bonchev–Trinajstić information content (AvgIpc) is 3.50. The minimum atomic E-state index is 1.23. The quantitative estimate of drug-likeness (QED) is 0.177. The summed E-state index contributed by atoms with van der Waals surface area (Å²) in [5, 5.41) is 15.8. The van der Waals surface area contributed by atoms with Crippen LogP contribution in [0, 0.1) is 0 Å². The van der Waals surface area contributed by atoms with Gasteiger partial charge in [0.05, 0.1) is 0 Å². The predicted octanol–water partition coefficient (Wildman–Crippen LogP) is 13.2. The molecule has 0 unspecified atom stereocenters. The second kappa shape index (κ2) is 9.50. The molecule has 0 aliphatic heterocycles. The Morgan fingerprint density at radius 1 is 0.289 bits per heavy atom. The molecular formula is C44H26S. The van der Waals surface area contributed by atoms with Crippen molar-refractivity contribution in [3.05, 3.63) is 158 Å². The van der Waals surface area contributed by atoms with Gasteiger partial charge in [-0.1, -0.05) is 146 Å². The van der Waals surface area contributed by atoms with E-state index in [-0.39, 0.29) is 0 Å². The molecule has 1 heterocycles. The first kappa shape index (κ1) is 24.9. The molecule has 45 heavy (non-hydrogen) atoms. The van der Waals surface area contributed by atoms with Crippen molar-refractivity contribution in [3.63, 3.8) is 0 Å². The van der Waals surface area contributed by atoms with E-state index in [4.69, 9.17) is 0 Å². The Bertz CT molecular complexity index is 2780. The van der Waals surface area contributed by atoms with Crippen molar-refractivity contribution in [1.82, 2.24) is 0 Å². The second-order valence-electron chi connectivity index (χ2n) is 12.0. The van der Waals surface area contributed by atoms with Crippen LogP contribution in [0.15, 0.2) is 158 Å². The highest BCUT2D eigenvalue weighted by Crippen LogP contribution is 2.45. The number of benzene rings is 9. The summed E-state index contributed by atoms with van der Waals surface area (Å²) in [6, 6.07) is 58.4. The molecule has 10 rings (SSSR count). The Labute approximate surface area is 264 Å². The normalized spacial score (nSPS) is 12.0. The molecular weight excluding hydrogens is 561 g/mol. The van der Waals surface area contributed by atoms with Crippen LogP contribution in [0.25, 0.3) is 96.3 Å². The van der Waals surface area contributed by atoms with Crippen LogP contribution in [0.1, 0.15) is 0 Å². The number of fused-ring (bicyclic) bond motifs is 14. The van der Waals surface area contributed by atoms with Gasteiger partial charge in [0.25, 0.3) is 0 Å². The zero-order chi connectivity index (χ0) is 29.5. The molecule has 9 aromatic carbocycles. The smallest absolute Gasteiger partial charge is 0.0433 e. The lowest BCUT2D eigenvalue weighted by Gasteiger charge is -2.17. The van der Waals surface area contributed by atoms with Gasteiger partial charge in [0, 0.05) is 20.2 Å². The number of hydrogen-bond acceptors (Lipinski definition) is 1. The highest BCUT2D eigenvalue weighted by atomic mass is 32.1. The monoisotopic (exact) mass is 586 g/mol. The maximum atomic E-state index is 2.42. The van der Waals surface area contributed by atoms with Crippen LogP contribution in [0.4, 0.5) is 0 Å². The molecule has 0 bridgehead atoms. The lowest BCUT2D eigenvalue weighted by Crippen LogP contribution is -1.89. The van der Waals surface area contributed by atoms with E-state index in [1.54, 1.807) is 0 Å². The van der Waals surface area contributed by atoms with Gasteiger partial charge in [0.1, 0.15) is 0 Å². The van der Waals surface area contributed by atoms with Gasteiger partial charge < -0.3 is 0 Å². The molecule has 0 N–H and O–H groups in total. The second-order valence-corrected chi connectivity index (χ2v) is 13.1. The Hall–Kier alpha value is -5.50. The summed E-state index contributed by atoms with van der Waals surface area (Å²) in [6.45, 7) is 0. The molecule has 0 aliphatic carbocycles. The molecule has 0 nitrogen and oxygen atoms in total. The van der Waals surface area contributed by atoms with Gasteiger partial charge in [-0.3, -0.25) is 0 Å². The number of rotatable bonds is 2. The number of thiophene rings is 1. The van der Waals surface area contributed by atoms with Crippen molar-refractivity contribution in [1.29, 1.82) is 0 Å². The minimum Gasteiger partial charge on any atom is -0.135 e. The summed E-state index contributed by atoms with van der Waals surface area (Å²) in [5.41, 5.74) is 5.03. The van der Waals surface area contributed by atoms with E-state index in [0.717, 1.165) is 0 Å². The minimum absolute atomic E-state index is 1.23. The van der Waals surface area contributed by atoms with Crippen LogP contribution >= 0.6 is 11.3 Å². The average molecular weight is 587 g/mol. The van der Waals surface area contributed by atoms with E-state index in [1.165, 1.54) is 96.3 Å². The molecule has 1 heteroatoms. The van der Waals surface area contributed by atoms with Crippen molar-refractivity contribution in [2.75, 3.05) is 0 Å². The third-order valence-electron chi connectivity index (χ3n) is 9.64. The number of hydrogen-bond donors (Lipinski definition) is 0. The lowest BCUT2D eigenvalue weighted by molar-refractivity contribution is 1.63. The van der Waals surface area contributed by atoms with E-state index < -0.39 is 0 Å². The highest BCUT2D eigenvalue weighted by molar-refractivity contribution is 7.26. The first-order valence-electron chi connectivity index (χ1n) is 15.5. The Morgan fingerprint density at radius 2 is 0.756 bits per heavy atom. The Kier molecular flexibility index (Phi) is 5.25. The zero-order valence-corrected chi connectivity index (χ0v) is 25.2. The maximum absolute atomic E-state index is 2.42. The van der Waals surface area contributed by atoms with Gasteiger partial charge >= 0.3 is 0 Å². The van der Waals surface area contributed by atoms with Crippen LogP contribution in [0.5, 0.6) is 0 Å². The molecule has 208 valence electrons. The molecule has 0 saturated heterocycles.